The third-order valence-electron chi connectivity index (χ3n) is 3.29. The second kappa shape index (κ2) is 6.57. The molecule has 1 unspecified atom stereocenters. The highest BCUT2D eigenvalue weighted by atomic mass is 35.5. The number of hydrogen-bond donors (Lipinski definition) is 1. The van der Waals surface area contributed by atoms with Gasteiger partial charge in [-0.25, -0.2) is 0 Å². The Hall–Kier alpha value is -1.81. The normalized spacial score (nSPS) is 19.2. The minimum atomic E-state index is -0.369. The molecule has 4 nitrogen and oxygen atoms in total. The number of carbonyl (C=O) groups excluding carboxylic acids is 2. The molecule has 0 spiro atoms. The van der Waals surface area contributed by atoms with E-state index in [-0.39, 0.29) is 17.9 Å². The highest BCUT2D eigenvalue weighted by Gasteiger charge is 2.30. The van der Waals surface area contributed by atoms with Crippen molar-refractivity contribution < 1.29 is 9.59 Å². The van der Waals surface area contributed by atoms with Crippen LogP contribution >= 0.6 is 11.6 Å². The van der Waals surface area contributed by atoms with Crippen LogP contribution in [0.5, 0.6) is 0 Å². The van der Waals surface area contributed by atoms with Gasteiger partial charge in [0.15, 0.2) is 0 Å². The predicted molar refractivity (Wildman–Crippen MR) is 79.3 cm³/mol. The van der Waals surface area contributed by atoms with Gasteiger partial charge in [0.1, 0.15) is 6.04 Å². The van der Waals surface area contributed by atoms with Gasteiger partial charge in [-0.1, -0.05) is 30.7 Å². The van der Waals surface area contributed by atoms with Crippen LogP contribution < -0.4 is 5.32 Å². The van der Waals surface area contributed by atoms with Gasteiger partial charge in [0, 0.05) is 24.2 Å². The maximum Gasteiger partial charge on any atom is 0.247 e. The first-order chi connectivity index (χ1) is 9.61. The van der Waals surface area contributed by atoms with Gasteiger partial charge in [-0.2, -0.15) is 0 Å². The summed E-state index contributed by atoms with van der Waals surface area (Å²) < 4.78 is 0. The van der Waals surface area contributed by atoms with Crippen molar-refractivity contribution >= 4 is 29.5 Å². The van der Waals surface area contributed by atoms with Crippen LogP contribution in [-0.2, 0) is 9.59 Å². The summed E-state index contributed by atoms with van der Waals surface area (Å²) in [5.74, 6) is -0.214. The molecule has 0 bridgehead atoms. The number of piperazine rings is 1. The summed E-state index contributed by atoms with van der Waals surface area (Å²) in [6.07, 6.45) is 3.86. The number of carbonyl (C=O) groups is 2. The van der Waals surface area contributed by atoms with Crippen molar-refractivity contribution in [1.29, 1.82) is 0 Å². The standard InChI is InChI=1S/C15H17ClN2O2/c1-2-13-15(20)17-9-10-18(13)14(19)8-5-11-3-6-12(16)7-4-11/h3-8,13H,2,9-10H2,1H3,(H,17,20)/b8-5+. The van der Waals surface area contributed by atoms with E-state index in [4.69, 9.17) is 11.6 Å². The quantitative estimate of drug-likeness (QED) is 0.867. The summed E-state index contributed by atoms with van der Waals surface area (Å²) in [7, 11) is 0. The van der Waals surface area contributed by atoms with Crippen molar-refractivity contribution in [1.82, 2.24) is 10.2 Å². The van der Waals surface area contributed by atoms with Gasteiger partial charge < -0.3 is 10.2 Å². The van der Waals surface area contributed by atoms with E-state index in [2.05, 4.69) is 5.32 Å². The van der Waals surface area contributed by atoms with Crippen LogP contribution in [0, 0.1) is 0 Å². The Morgan fingerprint density at radius 1 is 1.45 bits per heavy atom. The van der Waals surface area contributed by atoms with E-state index in [0.717, 1.165) is 5.56 Å². The summed E-state index contributed by atoms with van der Waals surface area (Å²) >= 11 is 5.81. The average Bonchev–Trinajstić information content (AvgIpc) is 2.46. The zero-order valence-electron chi connectivity index (χ0n) is 11.3. The lowest BCUT2D eigenvalue weighted by molar-refractivity contribution is -0.140. The molecule has 1 fully saturated rings. The molecule has 1 aromatic carbocycles. The van der Waals surface area contributed by atoms with Crippen LogP contribution in [-0.4, -0.2) is 35.8 Å². The lowest BCUT2D eigenvalue weighted by Gasteiger charge is -2.33. The second-order valence-corrected chi connectivity index (χ2v) is 5.07. The molecule has 1 aliphatic rings. The molecule has 0 radical (unpaired) electrons. The van der Waals surface area contributed by atoms with E-state index in [0.29, 0.717) is 24.5 Å². The molecule has 1 atom stereocenters. The summed E-state index contributed by atoms with van der Waals surface area (Å²) in [5, 5.41) is 3.44. The Morgan fingerprint density at radius 2 is 2.15 bits per heavy atom. The lowest BCUT2D eigenvalue weighted by Crippen LogP contribution is -2.56. The van der Waals surface area contributed by atoms with E-state index in [1.807, 2.05) is 19.1 Å². The monoisotopic (exact) mass is 292 g/mol. The van der Waals surface area contributed by atoms with Gasteiger partial charge in [-0.3, -0.25) is 9.59 Å². The molecule has 1 aromatic rings. The highest BCUT2D eigenvalue weighted by Crippen LogP contribution is 2.12. The summed E-state index contributed by atoms with van der Waals surface area (Å²) in [6.45, 7) is 2.96. The molecule has 1 heterocycles. The van der Waals surface area contributed by atoms with Crippen LogP contribution in [0.15, 0.2) is 30.3 Å². The molecule has 0 aliphatic carbocycles. The van der Waals surface area contributed by atoms with Gasteiger partial charge in [-0.15, -0.1) is 0 Å². The fourth-order valence-corrected chi connectivity index (χ4v) is 2.35. The van der Waals surface area contributed by atoms with Gasteiger partial charge in [0.25, 0.3) is 0 Å². The SMILES string of the molecule is CCC1C(=O)NCCN1C(=O)/C=C/c1ccc(Cl)cc1. The number of hydrogen-bond acceptors (Lipinski definition) is 2. The molecule has 2 amide bonds. The summed E-state index contributed by atoms with van der Waals surface area (Å²) in [6, 6.07) is 6.86. The predicted octanol–water partition coefficient (Wildman–Crippen LogP) is 2.09. The maximum absolute atomic E-state index is 12.2. The zero-order chi connectivity index (χ0) is 14.5. The third kappa shape index (κ3) is 3.39. The lowest BCUT2D eigenvalue weighted by atomic mass is 10.1. The van der Waals surface area contributed by atoms with E-state index >= 15 is 0 Å². The Balaban J connectivity index is 2.06. The van der Waals surface area contributed by atoms with Gasteiger partial charge in [0.05, 0.1) is 0 Å². The molecule has 5 heteroatoms. The average molecular weight is 293 g/mol. The minimum absolute atomic E-state index is 0.0769. The fourth-order valence-electron chi connectivity index (χ4n) is 2.22. The van der Waals surface area contributed by atoms with Crippen molar-refractivity contribution in [3.8, 4) is 0 Å². The smallest absolute Gasteiger partial charge is 0.247 e. The van der Waals surface area contributed by atoms with Crippen LogP contribution in [0.4, 0.5) is 0 Å². The number of benzene rings is 1. The first-order valence-corrected chi connectivity index (χ1v) is 7.01. The van der Waals surface area contributed by atoms with Crippen molar-refractivity contribution in [2.75, 3.05) is 13.1 Å². The minimum Gasteiger partial charge on any atom is -0.353 e. The maximum atomic E-state index is 12.2. The number of halogens is 1. The van der Waals surface area contributed by atoms with E-state index < -0.39 is 0 Å². The Bertz CT molecular complexity index is 525. The first kappa shape index (κ1) is 14.6. The van der Waals surface area contributed by atoms with E-state index in [9.17, 15) is 9.59 Å². The van der Waals surface area contributed by atoms with E-state index in [1.54, 1.807) is 23.1 Å². The molecular formula is C15H17ClN2O2. The largest absolute Gasteiger partial charge is 0.353 e. The molecular weight excluding hydrogens is 276 g/mol. The van der Waals surface area contributed by atoms with Crippen LogP contribution in [0.3, 0.4) is 0 Å². The molecule has 0 aromatic heterocycles. The zero-order valence-corrected chi connectivity index (χ0v) is 12.1. The number of nitrogens with zero attached hydrogens (tertiary/aromatic N) is 1. The van der Waals surface area contributed by atoms with Crippen LogP contribution in [0.25, 0.3) is 6.08 Å². The number of amides is 2. The van der Waals surface area contributed by atoms with Crippen molar-refractivity contribution in [2.45, 2.75) is 19.4 Å². The van der Waals surface area contributed by atoms with Gasteiger partial charge in [-0.05, 0) is 30.2 Å². The Labute approximate surface area is 123 Å². The van der Waals surface area contributed by atoms with E-state index in [1.165, 1.54) is 6.08 Å². The summed E-state index contributed by atoms with van der Waals surface area (Å²) in [4.78, 5) is 25.5. The molecule has 1 saturated heterocycles. The second-order valence-electron chi connectivity index (χ2n) is 4.63. The fraction of sp³-hybridized carbons (Fsp3) is 0.333. The molecule has 106 valence electrons. The van der Waals surface area contributed by atoms with Crippen LogP contribution in [0.1, 0.15) is 18.9 Å². The summed E-state index contributed by atoms with van der Waals surface area (Å²) in [5.41, 5.74) is 0.900. The Morgan fingerprint density at radius 3 is 2.80 bits per heavy atom. The third-order valence-corrected chi connectivity index (χ3v) is 3.54. The highest BCUT2D eigenvalue weighted by molar-refractivity contribution is 6.30. The van der Waals surface area contributed by atoms with Gasteiger partial charge >= 0.3 is 0 Å². The first-order valence-electron chi connectivity index (χ1n) is 6.63. The molecule has 1 N–H and O–H groups in total. The molecule has 20 heavy (non-hydrogen) atoms. The van der Waals surface area contributed by atoms with Crippen LogP contribution in [0.2, 0.25) is 5.02 Å². The number of nitrogens with one attached hydrogen (secondary N) is 1. The molecule has 1 aliphatic heterocycles. The number of rotatable bonds is 3. The topological polar surface area (TPSA) is 49.4 Å². The van der Waals surface area contributed by atoms with Crippen molar-refractivity contribution in [3.05, 3.63) is 40.9 Å². The Kier molecular flexibility index (Phi) is 4.79. The van der Waals surface area contributed by atoms with Crippen molar-refractivity contribution in [3.63, 3.8) is 0 Å². The molecule has 2 rings (SSSR count). The molecule has 0 saturated carbocycles. The van der Waals surface area contributed by atoms with Gasteiger partial charge in [0.2, 0.25) is 11.8 Å². The van der Waals surface area contributed by atoms with Crippen molar-refractivity contribution in [2.24, 2.45) is 0 Å².